The summed E-state index contributed by atoms with van der Waals surface area (Å²) in [4.78, 5) is 26.8. The standard InChI is InChI=1S/C25H18O.C22H21O2P/c26-25(21-15-8-3-9-16-21)23-18-10-17-22(19-11-4-1-5-12-19)24(23)20-13-6-2-7-14-20;1-16-14-17(2)21(18(3)15-16)22(23)25(24,19-10-6-4-7-11-19)20-12-8-5-9-13-20/h1-18H;4-15H,1-3H3. The number of rotatable bonds is 8. The van der Waals surface area contributed by atoms with Crippen LogP contribution in [0.1, 0.15) is 43.0 Å². The highest BCUT2D eigenvalue weighted by molar-refractivity contribution is 7.93. The van der Waals surface area contributed by atoms with Crippen molar-refractivity contribution in [2.45, 2.75) is 20.8 Å². The first-order valence-electron chi connectivity index (χ1n) is 17.0. The molecule has 0 unspecified atom stereocenters. The van der Waals surface area contributed by atoms with Crippen molar-refractivity contribution in [1.82, 2.24) is 0 Å². The minimum Gasteiger partial charge on any atom is -0.305 e. The van der Waals surface area contributed by atoms with Crippen molar-refractivity contribution < 1.29 is 14.2 Å². The quantitative estimate of drug-likeness (QED) is 0.118. The Hall–Kier alpha value is -5.89. The van der Waals surface area contributed by atoms with Gasteiger partial charge in [-0.2, -0.15) is 0 Å². The molecule has 7 aromatic carbocycles. The van der Waals surface area contributed by atoms with Crippen molar-refractivity contribution in [2.75, 3.05) is 0 Å². The summed E-state index contributed by atoms with van der Waals surface area (Å²) in [7, 11) is -3.44. The molecule has 0 radical (unpaired) electrons. The lowest BCUT2D eigenvalue weighted by molar-refractivity contribution is 0.103. The molecule has 250 valence electrons. The van der Waals surface area contributed by atoms with E-state index in [1.54, 1.807) is 24.3 Å². The van der Waals surface area contributed by atoms with E-state index in [0.717, 1.165) is 44.5 Å². The lowest BCUT2D eigenvalue weighted by Gasteiger charge is -2.20. The highest BCUT2D eigenvalue weighted by atomic mass is 31.2. The Kier molecular flexibility index (Phi) is 10.8. The Balaban J connectivity index is 0.000000176. The molecule has 0 aliphatic carbocycles. The maximum Gasteiger partial charge on any atom is 0.230 e. The van der Waals surface area contributed by atoms with Crippen LogP contribution in [0.15, 0.2) is 182 Å². The van der Waals surface area contributed by atoms with Crippen LogP contribution in [0.4, 0.5) is 0 Å². The van der Waals surface area contributed by atoms with E-state index >= 15 is 0 Å². The minimum atomic E-state index is -3.44. The molecule has 0 amide bonds. The summed E-state index contributed by atoms with van der Waals surface area (Å²) < 4.78 is 14.2. The van der Waals surface area contributed by atoms with Gasteiger partial charge < -0.3 is 4.57 Å². The number of aryl methyl sites for hydroxylation is 3. The molecule has 0 aliphatic heterocycles. The molecule has 0 spiro atoms. The number of hydrogen-bond donors (Lipinski definition) is 0. The van der Waals surface area contributed by atoms with Crippen LogP contribution in [0, 0.1) is 20.8 Å². The molecule has 3 nitrogen and oxygen atoms in total. The number of ketones is 1. The molecule has 0 bridgehead atoms. The van der Waals surface area contributed by atoms with Crippen molar-refractivity contribution in [3.63, 3.8) is 0 Å². The Bertz CT molecular complexity index is 2250. The summed E-state index contributed by atoms with van der Waals surface area (Å²) in [6, 6.07) is 57.9. The summed E-state index contributed by atoms with van der Waals surface area (Å²) in [6.07, 6.45) is 0. The normalized spacial score (nSPS) is 10.9. The predicted octanol–water partition coefficient (Wildman–Crippen LogP) is 11.0. The number of carbonyl (C=O) groups excluding carboxylic acids is 2. The maximum absolute atomic E-state index is 14.2. The molecule has 0 saturated carbocycles. The van der Waals surface area contributed by atoms with Gasteiger partial charge in [-0.1, -0.05) is 188 Å². The van der Waals surface area contributed by atoms with E-state index in [9.17, 15) is 14.2 Å². The maximum atomic E-state index is 14.2. The second-order valence-corrected chi connectivity index (χ2v) is 15.2. The van der Waals surface area contributed by atoms with Crippen LogP contribution < -0.4 is 10.6 Å². The smallest absolute Gasteiger partial charge is 0.230 e. The van der Waals surface area contributed by atoms with E-state index < -0.39 is 7.14 Å². The van der Waals surface area contributed by atoms with Crippen LogP contribution in [-0.2, 0) is 4.57 Å². The van der Waals surface area contributed by atoms with Gasteiger partial charge in [0, 0.05) is 32.9 Å². The molecule has 0 saturated heterocycles. The fourth-order valence-electron chi connectivity index (χ4n) is 6.59. The van der Waals surface area contributed by atoms with E-state index in [4.69, 9.17) is 0 Å². The van der Waals surface area contributed by atoms with E-state index in [1.165, 1.54) is 0 Å². The average Bonchev–Trinajstić information content (AvgIpc) is 3.18. The molecule has 0 atom stereocenters. The SMILES string of the molecule is Cc1cc(C)c(C(=O)P(=O)(c2ccccc2)c2ccccc2)c(C)c1.O=C(c1ccccc1)c1cccc(-c2ccccc2)c1-c1ccccc1. The van der Waals surface area contributed by atoms with Gasteiger partial charge in [0.2, 0.25) is 12.7 Å². The summed E-state index contributed by atoms with van der Waals surface area (Å²) >= 11 is 0. The van der Waals surface area contributed by atoms with Gasteiger partial charge in [-0.3, -0.25) is 9.59 Å². The second kappa shape index (κ2) is 15.8. The fraction of sp³-hybridized carbons (Fsp3) is 0.0638. The first-order chi connectivity index (χ1) is 24.8. The van der Waals surface area contributed by atoms with Crippen molar-refractivity contribution in [3.8, 4) is 22.3 Å². The number of benzene rings is 7. The molecule has 4 heteroatoms. The first-order valence-corrected chi connectivity index (χ1v) is 18.7. The third kappa shape index (κ3) is 7.50. The zero-order valence-corrected chi connectivity index (χ0v) is 29.9. The Labute approximate surface area is 300 Å². The van der Waals surface area contributed by atoms with Gasteiger partial charge in [-0.05, 0) is 48.6 Å². The Morgan fingerprint density at radius 3 is 1.39 bits per heavy atom. The molecular formula is C47H39O3P. The Morgan fingerprint density at radius 2 is 0.902 bits per heavy atom. The van der Waals surface area contributed by atoms with Crippen LogP contribution in [0.5, 0.6) is 0 Å². The largest absolute Gasteiger partial charge is 0.305 e. The topological polar surface area (TPSA) is 51.2 Å². The summed E-state index contributed by atoms with van der Waals surface area (Å²) in [5.41, 5.74) is 8.75. The molecule has 0 N–H and O–H groups in total. The number of carbonyl (C=O) groups is 2. The zero-order chi connectivity index (χ0) is 35.8. The van der Waals surface area contributed by atoms with Crippen molar-refractivity contribution in [1.29, 1.82) is 0 Å². The van der Waals surface area contributed by atoms with Gasteiger partial charge in [-0.25, -0.2) is 0 Å². The first kappa shape index (κ1) is 35.0. The van der Waals surface area contributed by atoms with Crippen LogP contribution in [0.25, 0.3) is 22.3 Å². The van der Waals surface area contributed by atoms with Gasteiger partial charge in [-0.15, -0.1) is 0 Å². The van der Waals surface area contributed by atoms with Crippen LogP contribution >= 0.6 is 7.14 Å². The molecule has 0 aliphatic rings. The van der Waals surface area contributed by atoms with Crippen molar-refractivity contribution in [3.05, 3.63) is 215 Å². The van der Waals surface area contributed by atoms with E-state index in [-0.39, 0.29) is 11.3 Å². The lowest BCUT2D eigenvalue weighted by atomic mass is 9.87. The minimum absolute atomic E-state index is 0.0437. The summed E-state index contributed by atoms with van der Waals surface area (Å²) in [5, 5.41) is 1.15. The van der Waals surface area contributed by atoms with Gasteiger partial charge in [0.05, 0.1) is 0 Å². The summed E-state index contributed by atoms with van der Waals surface area (Å²) in [6.45, 7) is 5.82. The highest BCUT2D eigenvalue weighted by Gasteiger charge is 2.37. The average molecular weight is 683 g/mol. The van der Waals surface area contributed by atoms with Gasteiger partial charge in [0.25, 0.3) is 0 Å². The third-order valence-corrected chi connectivity index (χ3v) is 11.8. The molecule has 0 fully saturated rings. The summed E-state index contributed by atoms with van der Waals surface area (Å²) in [5.74, 6) is 0.0437. The van der Waals surface area contributed by atoms with Crippen LogP contribution in [0.2, 0.25) is 0 Å². The van der Waals surface area contributed by atoms with Crippen molar-refractivity contribution in [2.24, 2.45) is 0 Å². The fourth-order valence-corrected chi connectivity index (χ4v) is 9.21. The number of hydrogen-bond acceptors (Lipinski definition) is 3. The molecule has 0 heterocycles. The monoisotopic (exact) mass is 682 g/mol. The van der Waals surface area contributed by atoms with Crippen LogP contribution in [-0.4, -0.2) is 11.3 Å². The lowest BCUT2D eigenvalue weighted by Crippen LogP contribution is -2.23. The van der Waals surface area contributed by atoms with E-state index in [1.807, 2.05) is 148 Å². The van der Waals surface area contributed by atoms with Crippen molar-refractivity contribution >= 4 is 29.1 Å². The molecule has 7 aromatic rings. The second-order valence-electron chi connectivity index (χ2n) is 12.5. The Morgan fingerprint density at radius 1 is 0.471 bits per heavy atom. The molecule has 51 heavy (non-hydrogen) atoms. The van der Waals surface area contributed by atoms with Gasteiger partial charge in [0.1, 0.15) is 0 Å². The van der Waals surface area contributed by atoms with Gasteiger partial charge >= 0.3 is 0 Å². The third-order valence-electron chi connectivity index (χ3n) is 8.91. The predicted molar refractivity (Wildman–Crippen MR) is 212 cm³/mol. The molecule has 0 aromatic heterocycles. The zero-order valence-electron chi connectivity index (χ0n) is 29.0. The highest BCUT2D eigenvalue weighted by Crippen LogP contribution is 2.48. The van der Waals surface area contributed by atoms with Gasteiger partial charge in [0.15, 0.2) is 5.78 Å². The molecule has 7 rings (SSSR count). The van der Waals surface area contributed by atoms with E-state index in [2.05, 4.69) is 30.3 Å². The molecular weight excluding hydrogens is 643 g/mol. The van der Waals surface area contributed by atoms with E-state index in [0.29, 0.717) is 21.7 Å². The van der Waals surface area contributed by atoms with Crippen LogP contribution in [0.3, 0.4) is 0 Å².